The molecule has 0 aliphatic rings. The molecule has 196 valence electrons. The molecule has 1 aromatic rings. The molecule has 1 aromatic carbocycles. The first-order valence-corrected chi connectivity index (χ1v) is 11.5. The van der Waals surface area contributed by atoms with Gasteiger partial charge in [0.25, 0.3) is 0 Å². The van der Waals surface area contributed by atoms with Crippen LogP contribution >= 0.6 is 0 Å². The fourth-order valence-corrected chi connectivity index (χ4v) is 3.44. The SMILES string of the molecule is COC(=O)CNC(=O)C(c1cccc(C)c1O)N(C(=O)C(NC(=O)OC(C)(C)C)C(C)C)C(C)C. The summed E-state index contributed by atoms with van der Waals surface area (Å²) in [5.41, 5.74) is -0.0679. The van der Waals surface area contributed by atoms with Crippen LogP contribution in [0.3, 0.4) is 0 Å². The molecule has 3 N–H and O–H groups in total. The van der Waals surface area contributed by atoms with E-state index in [2.05, 4.69) is 15.4 Å². The molecule has 0 fully saturated rings. The number of carbonyl (C=O) groups is 4. The number of phenols is 1. The topological polar surface area (TPSA) is 134 Å². The first kappa shape index (κ1) is 29.7. The summed E-state index contributed by atoms with van der Waals surface area (Å²) in [6.07, 6.45) is -0.765. The lowest BCUT2D eigenvalue weighted by molar-refractivity contribution is -0.146. The predicted molar refractivity (Wildman–Crippen MR) is 131 cm³/mol. The maximum atomic E-state index is 13.8. The standard InChI is InChI=1S/C25H39N3O7/c1-14(2)19(27-24(33)35-25(6,7)8)23(32)28(15(3)4)20(22(31)26-13-18(29)34-9)17-12-10-11-16(5)21(17)30/h10-12,14-15,19-20,30H,13H2,1-9H3,(H,26,31)(H,27,33). The third-order valence-corrected chi connectivity index (χ3v) is 5.14. The number of nitrogens with zero attached hydrogens (tertiary/aromatic N) is 1. The number of nitrogens with one attached hydrogen (secondary N) is 2. The second-order valence-corrected chi connectivity index (χ2v) is 9.92. The van der Waals surface area contributed by atoms with E-state index in [9.17, 15) is 24.3 Å². The minimum atomic E-state index is -1.28. The number of alkyl carbamates (subject to hydrolysis) is 1. The fraction of sp³-hybridized carbons (Fsp3) is 0.600. The maximum Gasteiger partial charge on any atom is 0.408 e. The molecule has 0 aliphatic heterocycles. The van der Waals surface area contributed by atoms with Gasteiger partial charge in [-0.25, -0.2) is 4.79 Å². The highest BCUT2D eigenvalue weighted by Crippen LogP contribution is 2.33. The van der Waals surface area contributed by atoms with Crippen molar-refractivity contribution < 1.29 is 33.8 Å². The van der Waals surface area contributed by atoms with E-state index in [1.807, 2.05) is 0 Å². The quantitative estimate of drug-likeness (QED) is 0.450. The minimum Gasteiger partial charge on any atom is -0.507 e. The van der Waals surface area contributed by atoms with Crippen LogP contribution in [0.4, 0.5) is 4.79 Å². The number of phenolic OH excluding ortho intramolecular Hbond substituents is 1. The highest BCUT2D eigenvalue weighted by Gasteiger charge is 2.40. The summed E-state index contributed by atoms with van der Waals surface area (Å²) in [5.74, 6) is -2.38. The number of ether oxygens (including phenoxy) is 2. The van der Waals surface area contributed by atoms with E-state index in [-0.39, 0.29) is 17.2 Å². The van der Waals surface area contributed by atoms with Crippen LogP contribution in [0.5, 0.6) is 5.75 Å². The molecule has 0 bridgehead atoms. The van der Waals surface area contributed by atoms with Crippen molar-refractivity contribution in [2.75, 3.05) is 13.7 Å². The monoisotopic (exact) mass is 493 g/mol. The molecular weight excluding hydrogens is 454 g/mol. The Morgan fingerprint density at radius 3 is 2.17 bits per heavy atom. The third kappa shape index (κ3) is 8.45. The van der Waals surface area contributed by atoms with Gasteiger partial charge in [0, 0.05) is 11.6 Å². The van der Waals surface area contributed by atoms with E-state index in [4.69, 9.17) is 4.74 Å². The van der Waals surface area contributed by atoms with Gasteiger partial charge in [-0.3, -0.25) is 14.4 Å². The zero-order valence-electron chi connectivity index (χ0n) is 22.1. The van der Waals surface area contributed by atoms with Crippen molar-refractivity contribution in [3.8, 4) is 5.75 Å². The first-order chi connectivity index (χ1) is 16.1. The summed E-state index contributed by atoms with van der Waals surface area (Å²) < 4.78 is 9.91. The molecule has 0 radical (unpaired) electrons. The van der Waals surface area contributed by atoms with E-state index in [1.165, 1.54) is 12.0 Å². The number of amides is 3. The van der Waals surface area contributed by atoms with Gasteiger partial charge in [-0.05, 0) is 53.0 Å². The zero-order chi connectivity index (χ0) is 27.1. The van der Waals surface area contributed by atoms with Crippen molar-refractivity contribution >= 4 is 23.9 Å². The van der Waals surface area contributed by atoms with Crippen LogP contribution in [0.1, 0.15) is 65.6 Å². The molecule has 3 amide bonds. The number of aryl methyl sites for hydroxylation is 1. The minimum absolute atomic E-state index is 0.148. The van der Waals surface area contributed by atoms with E-state index < -0.39 is 54.1 Å². The van der Waals surface area contributed by atoms with Crippen molar-refractivity contribution in [2.24, 2.45) is 5.92 Å². The molecule has 0 heterocycles. The van der Waals surface area contributed by atoms with Crippen molar-refractivity contribution in [1.29, 1.82) is 0 Å². The molecule has 10 heteroatoms. The Labute approximate surface area is 207 Å². The Kier molecular flexibility index (Phi) is 10.5. The highest BCUT2D eigenvalue weighted by molar-refractivity contribution is 5.94. The van der Waals surface area contributed by atoms with E-state index >= 15 is 0 Å². The summed E-state index contributed by atoms with van der Waals surface area (Å²) in [4.78, 5) is 52.6. The molecule has 0 saturated carbocycles. The summed E-state index contributed by atoms with van der Waals surface area (Å²) in [6, 6.07) is 2.05. The van der Waals surface area contributed by atoms with Gasteiger partial charge < -0.3 is 30.1 Å². The van der Waals surface area contributed by atoms with Crippen LogP contribution in [-0.2, 0) is 23.9 Å². The molecule has 0 aromatic heterocycles. The lowest BCUT2D eigenvalue weighted by atomic mass is 9.96. The molecule has 1 rings (SSSR count). The number of hydrogen-bond acceptors (Lipinski definition) is 7. The normalized spacial score (nSPS) is 13.1. The molecule has 10 nitrogen and oxygen atoms in total. The summed E-state index contributed by atoms with van der Waals surface area (Å²) >= 11 is 0. The predicted octanol–water partition coefficient (Wildman–Crippen LogP) is 2.82. The van der Waals surface area contributed by atoms with Gasteiger partial charge in [-0.1, -0.05) is 32.0 Å². The van der Waals surface area contributed by atoms with Crippen LogP contribution in [0.2, 0.25) is 0 Å². The number of aromatic hydroxyl groups is 1. The summed E-state index contributed by atoms with van der Waals surface area (Å²) in [6.45, 7) is 13.3. The smallest absolute Gasteiger partial charge is 0.408 e. The van der Waals surface area contributed by atoms with Gasteiger partial charge in [-0.15, -0.1) is 0 Å². The number of benzene rings is 1. The Hall–Kier alpha value is -3.30. The van der Waals surface area contributed by atoms with E-state index in [0.717, 1.165) is 0 Å². The van der Waals surface area contributed by atoms with Crippen molar-refractivity contribution in [3.05, 3.63) is 29.3 Å². The van der Waals surface area contributed by atoms with E-state index in [0.29, 0.717) is 5.56 Å². The number of para-hydroxylation sites is 1. The van der Waals surface area contributed by atoms with Crippen LogP contribution in [0.25, 0.3) is 0 Å². The Bertz CT molecular complexity index is 922. The fourth-order valence-electron chi connectivity index (χ4n) is 3.44. The molecule has 2 atom stereocenters. The van der Waals surface area contributed by atoms with Gasteiger partial charge in [0.15, 0.2) is 0 Å². The summed E-state index contributed by atoms with van der Waals surface area (Å²) in [5, 5.41) is 15.9. The molecule has 0 saturated heterocycles. The number of methoxy groups -OCH3 is 1. The van der Waals surface area contributed by atoms with Gasteiger partial charge in [0.2, 0.25) is 11.8 Å². The number of rotatable bonds is 9. The highest BCUT2D eigenvalue weighted by atomic mass is 16.6. The second kappa shape index (κ2) is 12.4. The Morgan fingerprint density at radius 1 is 1.09 bits per heavy atom. The molecule has 0 aliphatic carbocycles. The zero-order valence-corrected chi connectivity index (χ0v) is 22.1. The second-order valence-electron chi connectivity index (χ2n) is 9.92. The van der Waals surface area contributed by atoms with Crippen LogP contribution in [0.15, 0.2) is 18.2 Å². The Balaban J connectivity index is 3.51. The third-order valence-electron chi connectivity index (χ3n) is 5.14. The molecule has 35 heavy (non-hydrogen) atoms. The first-order valence-electron chi connectivity index (χ1n) is 11.5. The molecule has 2 unspecified atom stereocenters. The Morgan fingerprint density at radius 2 is 1.69 bits per heavy atom. The van der Waals surface area contributed by atoms with Gasteiger partial charge in [0.05, 0.1) is 7.11 Å². The van der Waals surface area contributed by atoms with Gasteiger partial charge in [-0.2, -0.15) is 0 Å². The van der Waals surface area contributed by atoms with Gasteiger partial charge >= 0.3 is 12.1 Å². The molecule has 0 spiro atoms. The summed E-state index contributed by atoms with van der Waals surface area (Å²) in [7, 11) is 1.19. The molecular formula is C25H39N3O7. The average molecular weight is 494 g/mol. The number of carbonyl (C=O) groups excluding carboxylic acids is 4. The van der Waals surface area contributed by atoms with Crippen molar-refractivity contribution in [2.45, 2.75) is 79.1 Å². The van der Waals surface area contributed by atoms with E-state index in [1.54, 1.807) is 73.6 Å². The van der Waals surface area contributed by atoms with Crippen LogP contribution < -0.4 is 10.6 Å². The van der Waals surface area contributed by atoms with Crippen LogP contribution in [-0.4, -0.2) is 65.2 Å². The van der Waals surface area contributed by atoms with Crippen LogP contribution in [0, 0.1) is 12.8 Å². The van der Waals surface area contributed by atoms with Crippen molar-refractivity contribution in [1.82, 2.24) is 15.5 Å². The van der Waals surface area contributed by atoms with Gasteiger partial charge in [0.1, 0.15) is 30.0 Å². The maximum absolute atomic E-state index is 13.8. The number of esters is 1. The number of hydrogen-bond donors (Lipinski definition) is 3. The largest absolute Gasteiger partial charge is 0.507 e. The lowest BCUT2D eigenvalue weighted by Crippen LogP contribution is -2.56. The van der Waals surface area contributed by atoms with Crippen molar-refractivity contribution in [3.63, 3.8) is 0 Å². The lowest BCUT2D eigenvalue weighted by Gasteiger charge is -2.38. The average Bonchev–Trinajstić information content (AvgIpc) is 2.73.